The van der Waals surface area contributed by atoms with Gasteiger partial charge >= 0.3 is 0 Å². The predicted molar refractivity (Wildman–Crippen MR) is 73.1 cm³/mol. The topological polar surface area (TPSA) is 84.2 Å². The molecule has 1 aromatic rings. The molecular weight excluding hydrogens is 258 g/mol. The Morgan fingerprint density at radius 1 is 1.15 bits per heavy atom. The normalized spacial score (nSPS) is 41.0. The highest BCUT2D eigenvalue weighted by Crippen LogP contribution is 2.44. The molecule has 2 fully saturated rings. The zero-order valence-corrected chi connectivity index (χ0v) is 11.3. The number of hydrogen-bond acceptors (Lipinski definition) is 5. The van der Waals surface area contributed by atoms with Gasteiger partial charge in [0.2, 0.25) is 0 Å². The molecule has 0 saturated carbocycles. The van der Waals surface area contributed by atoms with Crippen molar-refractivity contribution in [3.05, 3.63) is 35.9 Å². The van der Waals surface area contributed by atoms with Crippen LogP contribution in [-0.2, 0) is 6.42 Å². The Balaban J connectivity index is 1.76. The van der Waals surface area contributed by atoms with Gasteiger partial charge in [-0.15, -0.1) is 0 Å². The van der Waals surface area contributed by atoms with E-state index in [1.165, 1.54) is 5.56 Å². The van der Waals surface area contributed by atoms with Crippen LogP contribution in [-0.4, -0.2) is 68.4 Å². The van der Waals surface area contributed by atoms with E-state index in [4.69, 9.17) is 0 Å². The Labute approximate surface area is 118 Å². The van der Waals surface area contributed by atoms with E-state index in [2.05, 4.69) is 0 Å². The van der Waals surface area contributed by atoms with E-state index in [1.807, 2.05) is 35.2 Å². The second kappa shape index (κ2) is 5.09. The Kier molecular flexibility index (Phi) is 3.56. The predicted octanol–water partition coefficient (Wildman–Crippen LogP) is -0.869. The monoisotopic (exact) mass is 279 g/mol. The number of nitrogens with zero attached hydrogens (tertiary/aromatic N) is 1. The highest BCUT2D eigenvalue weighted by molar-refractivity contribution is 5.22. The summed E-state index contributed by atoms with van der Waals surface area (Å²) in [6, 6.07) is 10.2. The van der Waals surface area contributed by atoms with Gasteiger partial charge < -0.3 is 20.4 Å². The number of piperidine rings is 1. The van der Waals surface area contributed by atoms with Crippen LogP contribution < -0.4 is 0 Å². The molecule has 0 spiro atoms. The SMILES string of the molecule is OCC12C[C@@H](Cc3ccccc3)N1CC(O)C(O)C2O. The van der Waals surface area contributed by atoms with E-state index < -0.39 is 23.9 Å². The molecule has 4 N–H and O–H groups in total. The number of rotatable bonds is 3. The lowest BCUT2D eigenvalue weighted by atomic mass is 9.68. The second-order valence-electron chi connectivity index (χ2n) is 5.96. The third kappa shape index (κ3) is 1.98. The van der Waals surface area contributed by atoms with Gasteiger partial charge in [-0.1, -0.05) is 30.3 Å². The van der Waals surface area contributed by atoms with Gasteiger partial charge in [0.1, 0.15) is 12.2 Å². The highest BCUT2D eigenvalue weighted by atomic mass is 16.4. The molecule has 0 bridgehead atoms. The van der Waals surface area contributed by atoms with Crippen molar-refractivity contribution in [2.75, 3.05) is 13.2 Å². The van der Waals surface area contributed by atoms with Crippen LogP contribution >= 0.6 is 0 Å². The van der Waals surface area contributed by atoms with E-state index in [1.54, 1.807) is 0 Å². The molecule has 2 aliphatic rings. The largest absolute Gasteiger partial charge is 0.394 e. The summed E-state index contributed by atoms with van der Waals surface area (Å²) in [5.41, 5.74) is 0.400. The second-order valence-corrected chi connectivity index (χ2v) is 5.96. The molecule has 2 heterocycles. The maximum Gasteiger partial charge on any atom is 0.109 e. The zero-order chi connectivity index (χ0) is 14.3. The summed E-state index contributed by atoms with van der Waals surface area (Å²) in [5.74, 6) is 0. The van der Waals surface area contributed by atoms with Gasteiger partial charge in [0.25, 0.3) is 0 Å². The summed E-state index contributed by atoms with van der Waals surface area (Å²) < 4.78 is 0. The molecule has 4 unspecified atom stereocenters. The van der Waals surface area contributed by atoms with Gasteiger partial charge in [-0.25, -0.2) is 0 Å². The fourth-order valence-electron chi connectivity index (χ4n) is 3.66. The summed E-state index contributed by atoms with van der Waals surface area (Å²) in [7, 11) is 0. The van der Waals surface area contributed by atoms with Gasteiger partial charge in [-0.2, -0.15) is 0 Å². The zero-order valence-electron chi connectivity index (χ0n) is 11.3. The number of fused-ring (bicyclic) bond motifs is 1. The van der Waals surface area contributed by atoms with E-state index >= 15 is 0 Å². The minimum Gasteiger partial charge on any atom is -0.394 e. The Hall–Kier alpha value is -0.980. The summed E-state index contributed by atoms with van der Waals surface area (Å²) >= 11 is 0. The first kappa shape index (κ1) is 14.0. The van der Waals surface area contributed by atoms with Crippen molar-refractivity contribution in [1.82, 2.24) is 4.90 Å². The summed E-state index contributed by atoms with van der Waals surface area (Å²) in [4.78, 5) is 1.95. The van der Waals surface area contributed by atoms with Gasteiger partial charge in [0.05, 0.1) is 18.2 Å². The van der Waals surface area contributed by atoms with E-state index in [9.17, 15) is 20.4 Å². The molecule has 0 aromatic heterocycles. The van der Waals surface area contributed by atoms with Gasteiger partial charge in [-0.05, 0) is 18.4 Å². The molecule has 5 heteroatoms. The molecule has 5 atom stereocenters. The molecule has 2 aliphatic heterocycles. The number of β-amino-alcohol motifs (C(OH)–C–C–N with tert-alkyl or cyclic N) is 1. The van der Waals surface area contributed by atoms with Crippen molar-refractivity contribution in [3.63, 3.8) is 0 Å². The van der Waals surface area contributed by atoms with Gasteiger partial charge in [0, 0.05) is 12.6 Å². The average Bonchev–Trinajstić information content (AvgIpc) is 2.47. The van der Waals surface area contributed by atoms with Crippen LogP contribution in [0.3, 0.4) is 0 Å². The minimum absolute atomic E-state index is 0.182. The van der Waals surface area contributed by atoms with E-state index in [0.717, 1.165) is 6.42 Å². The Bertz CT molecular complexity index is 468. The van der Waals surface area contributed by atoms with Crippen LogP contribution in [0.4, 0.5) is 0 Å². The van der Waals surface area contributed by atoms with E-state index in [0.29, 0.717) is 6.42 Å². The summed E-state index contributed by atoms with van der Waals surface area (Å²) in [6.07, 6.45) is -1.82. The standard InChI is InChI=1S/C15H21NO4/c17-9-15-7-11(6-10-4-2-1-3-5-10)16(15)8-12(18)13(19)14(15)20/h1-5,11-14,17-20H,6-9H2/t11-,12?,13?,14?,15?/m1/s1. The lowest BCUT2D eigenvalue weighted by Crippen LogP contribution is -2.80. The first-order valence-electron chi connectivity index (χ1n) is 7.04. The Morgan fingerprint density at radius 3 is 2.50 bits per heavy atom. The lowest BCUT2D eigenvalue weighted by molar-refractivity contribution is -0.246. The third-order valence-electron chi connectivity index (χ3n) is 4.84. The first-order chi connectivity index (χ1) is 9.58. The number of benzene rings is 1. The van der Waals surface area contributed by atoms with Crippen LogP contribution in [0.1, 0.15) is 12.0 Å². The molecule has 1 aromatic carbocycles. The van der Waals surface area contributed by atoms with Crippen LogP contribution in [0.5, 0.6) is 0 Å². The third-order valence-corrected chi connectivity index (χ3v) is 4.84. The van der Waals surface area contributed by atoms with Gasteiger partial charge in [0.15, 0.2) is 0 Å². The highest BCUT2D eigenvalue weighted by Gasteiger charge is 2.61. The van der Waals surface area contributed by atoms with Crippen molar-refractivity contribution in [2.24, 2.45) is 0 Å². The smallest absolute Gasteiger partial charge is 0.109 e. The molecule has 0 amide bonds. The minimum atomic E-state index is -1.18. The average molecular weight is 279 g/mol. The van der Waals surface area contributed by atoms with Crippen LogP contribution in [0.25, 0.3) is 0 Å². The molecule has 20 heavy (non-hydrogen) atoms. The summed E-state index contributed by atoms with van der Waals surface area (Å²) in [6.45, 7) is 0.0829. The maximum absolute atomic E-state index is 10.2. The molecule has 5 nitrogen and oxygen atoms in total. The molecule has 3 rings (SSSR count). The van der Waals surface area contributed by atoms with Crippen LogP contribution in [0.15, 0.2) is 30.3 Å². The fourth-order valence-corrected chi connectivity index (χ4v) is 3.66. The molecule has 2 saturated heterocycles. The lowest BCUT2D eigenvalue weighted by Gasteiger charge is -2.64. The molecule has 0 radical (unpaired) electrons. The first-order valence-corrected chi connectivity index (χ1v) is 7.04. The van der Waals surface area contributed by atoms with Crippen molar-refractivity contribution in [1.29, 1.82) is 0 Å². The van der Waals surface area contributed by atoms with Crippen molar-refractivity contribution in [3.8, 4) is 0 Å². The maximum atomic E-state index is 10.2. The van der Waals surface area contributed by atoms with E-state index in [-0.39, 0.29) is 19.2 Å². The molecular formula is C15H21NO4. The number of aliphatic hydroxyl groups excluding tert-OH is 4. The van der Waals surface area contributed by atoms with Crippen LogP contribution in [0.2, 0.25) is 0 Å². The van der Waals surface area contributed by atoms with Crippen molar-refractivity contribution in [2.45, 2.75) is 42.7 Å². The number of hydrogen-bond donors (Lipinski definition) is 4. The fraction of sp³-hybridized carbons (Fsp3) is 0.600. The quantitative estimate of drug-likeness (QED) is 0.578. The van der Waals surface area contributed by atoms with Gasteiger partial charge in [-0.3, -0.25) is 4.90 Å². The Morgan fingerprint density at radius 2 is 1.85 bits per heavy atom. The van der Waals surface area contributed by atoms with Crippen molar-refractivity contribution < 1.29 is 20.4 Å². The summed E-state index contributed by atoms with van der Waals surface area (Å²) in [5, 5.41) is 39.4. The number of aliphatic hydroxyl groups is 4. The molecule has 110 valence electrons. The van der Waals surface area contributed by atoms with Crippen molar-refractivity contribution >= 4 is 0 Å². The molecule has 0 aliphatic carbocycles. The van der Waals surface area contributed by atoms with Crippen LogP contribution in [0, 0.1) is 0 Å².